The number of halogens is 1. The van der Waals surface area contributed by atoms with Gasteiger partial charge in [0.25, 0.3) is 5.91 Å². The van der Waals surface area contributed by atoms with Crippen molar-refractivity contribution in [3.05, 3.63) is 28.2 Å². The molecule has 1 aromatic carbocycles. The normalized spacial score (nSPS) is 17.2. The van der Waals surface area contributed by atoms with E-state index in [0.717, 1.165) is 32.1 Å². The maximum absolute atomic E-state index is 11.6. The molecule has 1 aliphatic carbocycles. The lowest BCUT2D eigenvalue weighted by molar-refractivity contribution is -0.139. The van der Waals surface area contributed by atoms with E-state index in [0.29, 0.717) is 15.7 Å². The Bertz CT molecular complexity index is 542. The lowest BCUT2D eigenvalue weighted by atomic mass is 9.83. The summed E-state index contributed by atoms with van der Waals surface area (Å²) in [7, 11) is 0. The van der Waals surface area contributed by atoms with Crippen LogP contribution in [-0.4, -0.2) is 23.0 Å². The number of aliphatic carboxylic acids is 1. The molecule has 1 aliphatic rings. The Morgan fingerprint density at radius 1 is 1.29 bits per heavy atom. The fourth-order valence-corrected chi connectivity index (χ4v) is 3.47. The summed E-state index contributed by atoms with van der Waals surface area (Å²) >= 11 is 3.28. The summed E-state index contributed by atoms with van der Waals surface area (Å²) in [5.74, 6) is -1.40. The summed E-state index contributed by atoms with van der Waals surface area (Å²) in [6, 6.07) is 4.45. The van der Waals surface area contributed by atoms with Crippen LogP contribution in [0.5, 0.6) is 0 Å². The summed E-state index contributed by atoms with van der Waals surface area (Å²) in [6.07, 6.45) is 5.05. The van der Waals surface area contributed by atoms with Crippen molar-refractivity contribution in [2.24, 2.45) is 11.7 Å². The molecule has 0 heterocycles. The van der Waals surface area contributed by atoms with Crippen LogP contribution in [0, 0.1) is 5.92 Å². The number of carboxylic acid groups (broad SMARTS) is 1. The van der Waals surface area contributed by atoms with E-state index in [4.69, 9.17) is 5.73 Å². The van der Waals surface area contributed by atoms with E-state index in [-0.39, 0.29) is 5.92 Å². The standard InChI is InChI=1S/C15H19BrN2O3/c16-10-7-4-8-11(12(10)14(17)19)18-13(15(20)21)9-5-2-1-3-6-9/h4,7-9,13,18H,1-3,5-6H2,(H2,17,19)(H,20,21). The van der Waals surface area contributed by atoms with Crippen molar-refractivity contribution >= 4 is 33.5 Å². The number of anilines is 1. The van der Waals surface area contributed by atoms with Crippen LogP contribution in [0.15, 0.2) is 22.7 Å². The number of nitrogens with two attached hydrogens (primary N) is 1. The summed E-state index contributed by atoms with van der Waals surface area (Å²) in [6.45, 7) is 0. The van der Waals surface area contributed by atoms with Gasteiger partial charge in [-0.1, -0.05) is 25.3 Å². The van der Waals surface area contributed by atoms with Gasteiger partial charge in [0.15, 0.2) is 0 Å². The van der Waals surface area contributed by atoms with Gasteiger partial charge in [0, 0.05) is 10.2 Å². The second kappa shape index (κ2) is 6.93. The fraction of sp³-hybridized carbons (Fsp3) is 0.467. The van der Waals surface area contributed by atoms with E-state index in [1.807, 2.05) is 0 Å². The number of benzene rings is 1. The molecule has 6 heteroatoms. The quantitative estimate of drug-likeness (QED) is 0.757. The number of primary amides is 1. The molecule has 0 radical (unpaired) electrons. The molecule has 0 saturated heterocycles. The zero-order chi connectivity index (χ0) is 15.4. The molecule has 0 aliphatic heterocycles. The minimum atomic E-state index is -0.891. The van der Waals surface area contributed by atoms with Crippen molar-refractivity contribution in [2.45, 2.75) is 38.1 Å². The number of carbonyl (C=O) groups excluding carboxylic acids is 1. The van der Waals surface area contributed by atoms with Gasteiger partial charge >= 0.3 is 5.97 Å². The first-order valence-corrected chi connectivity index (χ1v) is 7.87. The molecule has 1 atom stereocenters. The van der Waals surface area contributed by atoms with Crippen LogP contribution < -0.4 is 11.1 Å². The maximum atomic E-state index is 11.6. The topological polar surface area (TPSA) is 92.4 Å². The van der Waals surface area contributed by atoms with E-state index < -0.39 is 17.9 Å². The van der Waals surface area contributed by atoms with Crippen molar-refractivity contribution in [3.8, 4) is 0 Å². The van der Waals surface area contributed by atoms with Crippen LogP contribution in [0.1, 0.15) is 42.5 Å². The minimum Gasteiger partial charge on any atom is -0.480 e. The van der Waals surface area contributed by atoms with Gasteiger partial charge in [0.05, 0.1) is 5.56 Å². The van der Waals surface area contributed by atoms with Crippen LogP contribution in [0.2, 0.25) is 0 Å². The Balaban J connectivity index is 2.27. The third kappa shape index (κ3) is 3.75. The Hall–Kier alpha value is -1.56. The summed E-state index contributed by atoms with van der Waals surface area (Å²) < 4.78 is 0.563. The molecule has 1 aromatic rings. The van der Waals surface area contributed by atoms with E-state index in [1.54, 1.807) is 18.2 Å². The van der Waals surface area contributed by atoms with E-state index in [1.165, 1.54) is 0 Å². The van der Waals surface area contributed by atoms with Gasteiger partial charge in [-0.3, -0.25) is 4.79 Å². The number of carbonyl (C=O) groups is 2. The first kappa shape index (κ1) is 15.8. The smallest absolute Gasteiger partial charge is 0.326 e. The van der Waals surface area contributed by atoms with Gasteiger partial charge < -0.3 is 16.2 Å². The number of nitrogens with one attached hydrogen (secondary N) is 1. The lowest BCUT2D eigenvalue weighted by Crippen LogP contribution is -2.38. The van der Waals surface area contributed by atoms with Crippen molar-refractivity contribution in [1.29, 1.82) is 0 Å². The van der Waals surface area contributed by atoms with E-state index in [9.17, 15) is 14.7 Å². The highest BCUT2D eigenvalue weighted by Crippen LogP contribution is 2.31. The Morgan fingerprint density at radius 2 is 1.95 bits per heavy atom. The number of carboxylic acids is 1. The number of hydrogen-bond donors (Lipinski definition) is 3. The monoisotopic (exact) mass is 354 g/mol. The molecular formula is C15H19BrN2O3. The number of amides is 1. The Kier molecular flexibility index (Phi) is 5.22. The summed E-state index contributed by atoms with van der Waals surface area (Å²) in [4.78, 5) is 23.2. The molecule has 1 fully saturated rings. The number of hydrogen-bond acceptors (Lipinski definition) is 3. The molecule has 0 bridgehead atoms. The molecule has 0 spiro atoms. The van der Waals surface area contributed by atoms with Gasteiger partial charge in [-0.15, -0.1) is 0 Å². The number of rotatable bonds is 5. The fourth-order valence-electron chi connectivity index (χ4n) is 2.91. The van der Waals surface area contributed by atoms with Crippen LogP contribution in [-0.2, 0) is 4.79 Å². The second-order valence-corrected chi connectivity index (χ2v) is 6.24. The van der Waals surface area contributed by atoms with Crippen LogP contribution in [0.3, 0.4) is 0 Å². The molecule has 4 N–H and O–H groups in total. The first-order chi connectivity index (χ1) is 10.0. The SMILES string of the molecule is NC(=O)c1c(Br)cccc1NC(C(=O)O)C1CCCCC1. The van der Waals surface area contributed by atoms with Crippen LogP contribution in [0.4, 0.5) is 5.69 Å². The van der Waals surface area contributed by atoms with Crippen LogP contribution >= 0.6 is 15.9 Å². The van der Waals surface area contributed by atoms with Gasteiger partial charge in [0.1, 0.15) is 6.04 Å². The molecule has 21 heavy (non-hydrogen) atoms. The molecule has 0 aromatic heterocycles. The third-order valence-corrected chi connectivity index (χ3v) is 4.62. The third-order valence-electron chi connectivity index (χ3n) is 3.96. The van der Waals surface area contributed by atoms with Crippen molar-refractivity contribution < 1.29 is 14.7 Å². The molecule has 5 nitrogen and oxygen atoms in total. The molecular weight excluding hydrogens is 336 g/mol. The summed E-state index contributed by atoms with van der Waals surface area (Å²) in [5, 5.41) is 12.5. The maximum Gasteiger partial charge on any atom is 0.326 e. The zero-order valence-electron chi connectivity index (χ0n) is 11.6. The average molecular weight is 355 g/mol. The van der Waals surface area contributed by atoms with Crippen molar-refractivity contribution in [1.82, 2.24) is 0 Å². The molecule has 2 rings (SSSR count). The Morgan fingerprint density at radius 3 is 2.52 bits per heavy atom. The highest BCUT2D eigenvalue weighted by atomic mass is 79.9. The van der Waals surface area contributed by atoms with Crippen molar-refractivity contribution in [2.75, 3.05) is 5.32 Å². The highest BCUT2D eigenvalue weighted by Gasteiger charge is 2.30. The van der Waals surface area contributed by atoms with Gasteiger partial charge in [-0.2, -0.15) is 0 Å². The summed E-state index contributed by atoms with van der Waals surface area (Å²) in [5.41, 5.74) is 6.15. The largest absolute Gasteiger partial charge is 0.480 e. The average Bonchev–Trinajstić information content (AvgIpc) is 2.45. The van der Waals surface area contributed by atoms with E-state index in [2.05, 4.69) is 21.2 Å². The van der Waals surface area contributed by atoms with Gasteiger partial charge in [-0.05, 0) is 46.8 Å². The molecule has 1 amide bonds. The Labute approximate surface area is 132 Å². The minimum absolute atomic E-state index is 0.0796. The predicted molar refractivity (Wildman–Crippen MR) is 84.3 cm³/mol. The lowest BCUT2D eigenvalue weighted by Gasteiger charge is -2.29. The van der Waals surface area contributed by atoms with E-state index >= 15 is 0 Å². The van der Waals surface area contributed by atoms with Crippen LogP contribution in [0.25, 0.3) is 0 Å². The first-order valence-electron chi connectivity index (χ1n) is 7.08. The second-order valence-electron chi connectivity index (χ2n) is 5.38. The molecule has 1 saturated carbocycles. The predicted octanol–water partition coefficient (Wildman–Crippen LogP) is 2.99. The molecule has 1 unspecified atom stereocenters. The van der Waals surface area contributed by atoms with Crippen molar-refractivity contribution in [3.63, 3.8) is 0 Å². The van der Waals surface area contributed by atoms with Gasteiger partial charge in [0.2, 0.25) is 0 Å². The highest BCUT2D eigenvalue weighted by molar-refractivity contribution is 9.10. The zero-order valence-corrected chi connectivity index (χ0v) is 13.2. The van der Waals surface area contributed by atoms with Gasteiger partial charge in [-0.25, -0.2) is 4.79 Å². The molecule has 114 valence electrons.